The third kappa shape index (κ3) is 6.75. The first-order chi connectivity index (χ1) is 9.15. The smallest absolute Gasteiger partial charge is 0.157 e. The van der Waals surface area contributed by atoms with E-state index >= 15 is 0 Å². The maximum atomic E-state index is 5.11. The minimum absolute atomic E-state index is 0.447. The Balaban J connectivity index is 2.68. The Morgan fingerprint density at radius 2 is 2.16 bits per heavy atom. The molecule has 19 heavy (non-hydrogen) atoms. The molecule has 0 atom stereocenters. The average Bonchev–Trinajstić information content (AvgIpc) is 2.36. The van der Waals surface area contributed by atoms with Gasteiger partial charge in [-0.2, -0.15) is 0 Å². The van der Waals surface area contributed by atoms with Gasteiger partial charge < -0.3 is 15.0 Å². The summed E-state index contributed by atoms with van der Waals surface area (Å²) in [6, 6.07) is 2.01. The topological polar surface area (TPSA) is 50.3 Å². The van der Waals surface area contributed by atoms with Crippen molar-refractivity contribution in [3.63, 3.8) is 0 Å². The highest BCUT2D eigenvalue weighted by Crippen LogP contribution is 2.19. The minimum atomic E-state index is 0.447. The lowest BCUT2D eigenvalue weighted by atomic mass is 10.4. The largest absolute Gasteiger partial charge is 0.377 e. The van der Waals surface area contributed by atoms with E-state index in [1.165, 1.54) is 0 Å². The molecule has 0 fully saturated rings. The molecule has 0 aromatic carbocycles. The molecule has 1 N–H and O–H groups in total. The van der Waals surface area contributed by atoms with Gasteiger partial charge in [0.25, 0.3) is 0 Å². The molecule has 1 aromatic rings. The van der Waals surface area contributed by atoms with Crippen molar-refractivity contribution in [1.29, 1.82) is 0 Å². The highest BCUT2D eigenvalue weighted by atomic mass is 32.2. The predicted molar refractivity (Wildman–Crippen MR) is 80.8 cm³/mol. The van der Waals surface area contributed by atoms with Crippen LogP contribution in [0.1, 0.15) is 19.2 Å². The Hall–Kier alpha value is -0.850. The lowest BCUT2D eigenvalue weighted by Gasteiger charge is -2.11. The van der Waals surface area contributed by atoms with E-state index in [1.807, 2.05) is 6.07 Å². The minimum Gasteiger partial charge on any atom is -0.377 e. The highest BCUT2D eigenvalue weighted by molar-refractivity contribution is 7.99. The van der Waals surface area contributed by atoms with Crippen molar-refractivity contribution in [2.45, 2.75) is 25.0 Å². The van der Waals surface area contributed by atoms with Gasteiger partial charge in [-0.05, 0) is 20.5 Å². The van der Waals surface area contributed by atoms with Crippen molar-refractivity contribution in [3.05, 3.63) is 11.9 Å². The summed E-state index contributed by atoms with van der Waals surface area (Å²) in [6.07, 6.45) is 1.08. The Morgan fingerprint density at radius 1 is 1.37 bits per heavy atom. The molecule has 0 aliphatic rings. The number of thioether (sulfide) groups is 1. The number of hydrogen-bond donors (Lipinski definition) is 1. The fourth-order valence-corrected chi connectivity index (χ4v) is 2.45. The normalized spacial score (nSPS) is 11.0. The zero-order chi connectivity index (χ0) is 14.1. The standard InChI is InChI=1S/C13H24N4OS/c1-5-6-14-11-9-13(19-8-7-17(2)3)16-12(15-11)10-18-4/h9H,5-8,10H2,1-4H3,(H,14,15,16). The van der Waals surface area contributed by atoms with Gasteiger partial charge in [0.1, 0.15) is 17.5 Å². The van der Waals surface area contributed by atoms with Crippen molar-refractivity contribution in [2.24, 2.45) is 0 Å². The van der Waals surface area contributed by atoms with Crippen LogP contribution in [0.4, 0.5) is 5.82 Å². The second-order valence-electron chi connectivity index (χ2n) is 4.52. The number of hydrogen-bond acceptors (Lipinski definition) is 6. The SMILES string of the molecule is CCCNc1cc(SCCN(C)C)nc(COC)n1. The monoisotopic (exact) mass is 284 g/mol. The number of rotatable bonds is 9. The van der Waals surface area contributed by atoms with Crippen LogP contribution in [-0.4, -0.2) is 54.9 Å². The van der Waals surface area contributed by atoms with E-state index in [-0.39, 0.29) is 0 Å². The third-order valence-corrected chi connectivity index (χ3v) is 3.26. The van der Waals surface area contributed by atoms with Crippen molar-refractivity contribution >= 4 is 17.6 Å². The zero-order valence-electron chi connectivity index (χ0n) is 12.3. The predicted octanol–water partition coefficient (Wildman–Crippen LogP) is 2.10. The lowest BCUT2D eigenvalue weighted by Crippen LogP contribution is -2.15. The van der Waals surface area contributed by atoms with Gasteiger partial charge in [0.2, 0.25) is 0 Å². The maximum absolute atomic E-state index is 5.11. The van der Waals surface area contributed by atoms with E-state index in [4.69, 9.17) is 4.74 Å². The molecule has 6 heteroatoms. The molecule has 5 nitrogen and oxygen atoms in total. The Bertz CT molecular complexity index is 374. The first kappa shape index (κ1) is 16.2. The fourth-order valence-electron chi connectivity index (χ4n) is 1.42. The summed E-state index contributed by atoms with van der Waals surface area (Å²) >= 11 is 1.75. The quantitative estimate of drug-likeness (QED) is 0.553. The van der Waals surface area contributed by atoms with Gasteiger partial charge in [-0.1, -0.05) is 6.92 Å². The molecule has 0 amide bonds. The molecular weight excluding hydrogens is 260 g/mol. The average molecular weight is 284 g/mol. The fraction of sp³-hybridized carbons (Fsp3) is 0.692. The van der Waals surface area contributed by atoms with Gasteiger partial charge in [-0.15, -0.1) is 11.8 Å². The van der Waals surface area contributed by atoms with Crippen LogP contribution in [0.25, 0.3) is 0 Å². The number of nitrogens with one attached hydrogen (secondary N) is 1. The van der Waals surface area contributed by atoms with Gasteiger partial charge >= 0.3 is 0 Å². The molecule has 0 saturated heterocycles. The number of methoxy groups -OCH3 is 1. The molecular formula is C13H24N4OS. The summed E-state index contributed by atoms with van der Waals surface area (Å²) in [7, 11) is 5.81. The zero-order valence-corrected chi connectivity index (χ0v) is 13.1. The summed E-state index contributed by atoms with van der Waals surface area (Å²) in [5.41, 5.74) is 0. The Labute approximate surface area is 120 Å². The summed E-state index contributed by atoms with van der Waals surface area (Å²) in [5, 5.41) is 4.30. The summed E-state index contributed by atoms with van der Waals surface area (Å²) in [4.78, 5) is 11.1. The van der Waals surface area contributed by atoms with E-state index in [1.54, 1.807) is 18.9 Å². The van der Waals surface area contributed by atoms with Gasteiger partial charge in [0, 0.05) is 32.0 Å². The molecule has 1 rings (SSSR count). The van der Waals surface area contributed by atoms with Gasteiger partial charge in [-0.25, -0.2) is 9.97 Å². The maximum Gasteiger partial charge on any atom is 0.157 e. The molecule has 0 saturated carbocycles. The van der Waals surface area contributed by atoms with Crippen LogP contribution in [0, 0.1) is 0 Å². The van der Waals surface area contributed by atoms with Crippen molar-refractivity contribution in [1.82, 2.24) is 14.9 Å². The van der Waals surface area contributed by atoms with Gasteiger partial charge in [0.15, 0.2) is 5.82 Å². The van der Waals surface area contributed by atoms with E-state index in [2.05, 4.69) is 41.2 Å². The van der Waals surface area contributed by atoms with Gasteiger partial charge in [-0.3, -0.25) is 0 Å². The molecule has 0 aliphatic carbocycles. The van der Waals surface area contributed by atoms with Crippen LogP contribution in [0.2, 0.25) is 0 Å². The van der Waals surface area contributed by atoms with E-state index in [0.717, 1.165) is 41.9 Å². The van der Waals surface area contributed by atoms with Crippen LogP contribution in [0.15, 0.2) is 11.1 Å². The van der Waals surface area contributed by atoms with Crippen LogP contribution in [0.5, 0.6) is 0 Å². The molecule has 1 heterocycles. The van der Waals surface area contributed by atoms with E-state index in [9.17, 15) is 0 Å². The van der Waals surface area contributed by atoms with Crippen LogP contribution in [0.3, 0.4) is 0 Å². The van der Waals surface area contributed by atoms with Crippen molar-refractivity contribution < 1.29 is 4.74 Å². The Kier molecular flexibility index (Phi) is 7.78. The van der Waals surface area contributed by atoms with Crippen molar-refractivity contribution in [3.8, 4) is 0 Å². The first-order valence-electron chi connectivity index (χ1n) is 6.54. The number of anilines is 1. The first-order valence-corrected chi connectivity index (χ1v) is 7.52. The van der Waals surface area contributed by atoms with Crippen LogP contribution in [-0.2, 0) is 11.3 Å². The highest BCUT2D eigenvalue weighted by Gasteiger charge is 2.05. The van der Waals surface area contributed by atoms with Crippen LogP contribution >= 0.6 is 11.8 Å². The number of ether oxygens (including phenoxy) is 1. The molecule has 1 aromatic heterocycles. The molecule has 0 radical (unpaired) electrons. The number of aromatic nitrogens is 2. The van der Waals surface area contributed by atoms with E-state index < -0.39 is 0 Å². The second-order valence-corrected chi connectivity index (χ2v) is 5.63. The van der Waals surface area contributed by atoms with Crippen molar-refractivity contribution in [2.75, 3.05) is 45.4 Å². The Morgan fingerprint density at radius 3 is 2.79 bits per heavy atom. The molecule has 0 unspecified atom stereocenters. The van der Waals surface area contributed by atoms with Crippen LogP contribution < -0.4 is 5.32 Å². The summed E-state index contributed by atoms with van der Waals surface area (Å²) < 4.78 is 5.11. The summed E-state index contributed by atoms with van der Waals surface area (Å²) in [5.74, 6) is 2.64. The lowest BCUT2D eigenvalue weighted by molar-refractivity contribution is 0.177. The van der Waals surface area contributed by atoms with Gasteiger partial charge in [0.05, 0.1) is 0 Å². The second kappa shape index (κ2) is 9.12. The van der Waals surface area contributed by atoms with E-state index in [0.29, 0.717) is 6.61 Å². The third-order valence-electron chi connectivity index (χ3n) is 2.37. The molecule has 0 aliphatic heterocycles. The number of nitrogens with zero attached hydrogens (tertiary/aromatic N) is 3. The summed E-state index contributed by atoms with van der Waals surface area (Å²) in [6.45, 7) is 4.54. The molecule has 108 valence electrons. The molecule has 0 bridgehead atoms. The molecule has 0 spiro atoms.